The fraction of sp³-hybridized carbons (Fsp3) is 0.208. The lowest BCUT2D eigenvalue weighted by Gasteiger charge is -2.28. The highest BCUT2D eigenvalue weighted by atomic mass is 32.2. The van der Waals surface area contributed by atoms with Crippen LogP contribution in [0.15, 0.2) is 70.3 Å². The van der Waals surface area contributed by atoms with Crippen LogP contribution in [0, 0.1) is 0 Å². The molecule has 1 unspecified atom stereocenters. The molecule has 0 amide bonds. The third kappa shape index (κ3) is 6.03. The monoisotopic (exact) mass is 576 g/mol. The highest BCUT2D eigenvalue weighted by Crippen LogP contribution is 2.34. The van der Waals surface area contributed by atoms with Crippen LogP contribution < -0.4 is 19.1 Å². The Hall–Kier alpha value is -2.81. The summed E-state index contributed by atoms with van der Waals surface area (Å²) in [5, 5.41) is 4.67. The van der Waals surface area contributed by atoms with E-state index in [-0.39, 0.29) is 4.90 Å². The predicted molar refractivity (Wildman–Crippen MR) is 148 cm³/mol. The number of hydrogen-bond acceptors (Lipinski definition) is 8. The number of hydrogen-bond donors (Lipinski definition) is 3. The Bertz CT molecular complexity index is 1500. The van der Waals surface area contributed by atoms with Crippen LogP contribution in [0.4, 0.5) is 11.4 Å². The van der Waals surface area contributed by atoms with E-state index in [1.807, 2.05) is 34.8 Å². The third-order valence-electron chi connectivity index (χ3n) is 5.84. The molecule has 3 heterocycles. The second kappa shape index (κ2) is 10.9. The first kappa shape index (κ1) is 25.8. The first-order chi connectivity index (χ1) is 17.8. The molecule has 4 aromatic rings. The van der Waals surface area contributed by atoms with Gasteiger partial charge in [0.05, 0.1) is 33.7 Å². The number of aromatic nitrogens is 1. The fourth-order valence-electron chi connectivity index (χ4n) is 3.97. The zero-order chi connectivity index (χ0) is 26.0. The number of thiazole rings is 1. The van der Waals surface area contributed by atoms with Gasteiger partial charge in [-0.1, -0.05) is 18.2 Å². The van der Waals surface area contributed by atoms with Crippen LogP contribution in [-0.4, -0.2) is 42.4 Å². The average Bonchev–Trinajstić information content (AvgIpc) is 3.57. The molecule has 0 saturated heterocycles. The summed E-state index contributed by atoms with van der Waals surface area (Å²) in [4.78, 5) is 7.91. The molecule has 3 N–H and O–H groups in total. The third-order valence-corrected chi connectivity index (χ3v) is 9.62. The summed E-state index contributed by atoms with van der Waals surface area (Å²) < 4.78 is 58.1. The van der Waals surface area contributed by atoms with Crippen LogP contribution in [0.2, 0.25) is 0 Å². The maximum atomic E-state index is 13.5. The highest BCUT2D eigenvalue weighted by Gasteiger charge is 2.26. The van der Waals surface area contributed by atoms with Crippen LogP contribution in [0.1, 0.15) is 17.3 Å². The van der Waals surface area contributed by atoms with Gasteiger partial charge in [-0.25, -0.2) is 22.3 Å². The van der Waals surface area contributed by atoms with Crippen molar-refractivity contribution in [2.24, 2.45) is 0 Å². The van der Waals surface area contributed by atoms with Gasteiger partial charge in [0.2, 0.25) is 10.0 Å². The molecule has 1 aliphatic heterocycles. The number of nitrogens with zero attached hydrogens (tertiary/aromatic N) is 2. The molecule has 5 rings (SSSR count). The van der Waals surface area contributed by atoms with Gasteiger partial charge in [-0.05, 0) is 47.7 Å². The Morgan fingerprint density at radius 3 is 2.73 bits per heavy atom. The number of rotatable bonds is 9. The van der Waals surface area contributed by atoms with E-state index in [2.05, 4.69) is 9.44 Å². The van der Waals surface area contributed by atoms with Crippen molar-refractivity contribution < 1.29 is 21.9 Å². The first-order valence-corrected chi connectivity index (χ1v) is 15.6. The fourth-order valence-corrected chi connectivity index (χ4v) is 7.22. The van der Waals surface area contributed by atoms with Crippen molar-refractivity contribution in [3.05, 3.63) is 76.6 Å². The molecule has 0 aliphatic carbocycles. The van der Waals surface area contributed by atoms with Gasteiger partial charge >= 0.3 is 0 Å². The molecule has 2 atom stereocenters. The molecular formula is C24H24N4O5S4. The van der Waals surface area contributed by atoms with Gasteiger partial charge in [0.15, 0.2) is 0 Å². The lowest BCUT2D eigenvalue weighted by Crippen LogP contribution is -2.31. The second-order valence-electron chi connectivity index (χ2n) is 8.38. The Morgan fingerprint density at radius 2 is 2.00 bits per heavy atom. The quantitative estimate of drug-likeness (QED) is 0.251. The number of benzene rings is 2. The second-order valence-corrected chi connectivity index (χ2v) is 12.6. The molecule has 13 heteroatoms. The number of sulfonamides is 1. The number of ether oxygens (including phenoxy) is 1. The standard InChI is InChI=1S/C24H24N4O5S4/c1-28-10-11-33-22-14-18(8-9-21(22)28)37(31,32)27-19(13-16-4-6-17(7-5-16)26-36(29)30)20-15-35-24(25-20)23-3-2-12-34-23/h2-9,12,14-15,19,26-27H,10-11,13H2,1H3,(H,29,30)/t19-/m0/s1. The molecule has 37 heavy (non-hydrogen) atoms. The van der Waals surface area contributed by atoms with Crippen molar-refractivity contribution in [2.45, 2.75) is 17.4 Å². The summed E-state index contributed by atoms with van der Waals surface area (Å²) >= 11 is 0.861. The maximum Gasteiger partial charge on any atom is 0.259 e. The number of thiophene rings is 1. The normalized spacial score (nSPS) is 15.0. The lowest BCUT2D eigenvalue weighted by molar-refractivity contribution is 0.310. The van der Waals surface area contributed by atoms with Crippen molar-refractivity contribution in [3.63, 3.8) is 0 Å². The number of nitrogens with one attached hydrogen (secondary N) is 2. The van der Waals surface area contributed by atoms with Crippen molar-refractivity contribution in [1.29, 1.82) is 0 Å². The zero-order valence-electron chi connectivity index (χ0n) is 19.7. The summed E-state index contributed by atoms with van der Waals surface area (Å²) in [6.45, 7) is 1.22. The van der Waals surface area contributed by atoms with E-state index in [4.69, 9.17) is 14.3 Å². The molecule has 2 aromatic heterocycles. The van der Waals surface area contributed by atoms with E-state index in [0.29, 0.717) is 30.2 Å². The number of anilines is 2. The van der Waals surface area contributed by atoms with Crippen LogP contribution in [-0.2, 0) is 27.7 Å². The molecule has 0 fully saturated rings. The number of likely N-dealkylation sites (N-methyl/N-ethyl adjacent to an activating group) is 1. The molecule has 0 radical (unpaired) electrons. The van der Waals surface area contributed by atoms with E-state index in [9.17, 15) is 12.6 Å². The van der Waals surface area contributed by atoms with E-state index >= 15 is 0 Å². The van der Waals surface area contributed by atoms with Gasteiger partial charge in [-0.15, -0.1) is 22.7 Å². The van der Waals surface area contributed by atoms with Crippen molar-refractivity contribution in [2.75, 3.05) is 29.8 Å². The summed E-state index contributed by atoms with van der Waals surface area (Å²) in [5.41, 5.74) is 2.78. The van der Waals surface area contributed by atoms with Crippen LogP contribution >= 0.6 is 22.7 Å². The summed E-state index contributed by atoms with van der Waals surface area (Å²) in [7, 11) is -1.97. The minimum Gasteiger partial charge on any atom is -0.490 e. The minimum atomic E-state index is -3.91. The average molecular weight is 577 g/mol. The van der Waals surface area contributed by atoms with Gasteiger partial charge in [-0.2, -0.15) is 0 Å². The molecule has 0 spiro atoms. The summed E-state index contributed by atoms with van der Waals surface area (Å²) in [6, 6.07) is 15.1. The maximum absolute atomic E-state index is 13.5. The molecule has 0 saturated carbocycles. The van der Waals surface area contributed by atoms with Crippen molar-refractivity contribution in [3.8, 4) is 15.6 Å². The topological polar surface area (TPSA) is 121 Å². The van der Waals surface area contributed by atoms with E-state index in [1.54, 1.807) is 53.8 Å². The van der Waals surface area contributed by atoms with E-state index < -0.39 is 27.3 Å². The Labute approximate surface area is 225 Å². The molecule has 9 nitrogen and oxygen atoms in total. The van der Waals surface area contributed by atoms with E-state index in [1.165, 1.54) is 11.3 Å². The first-order valence-electron chi connectivity index (χ1n) is 11.2. The molecule has 1 aliphatic rings. The van der Waals surface area contributed by atoms with Gasteiger partial charge < -0.3 is 9.64 Å². The largest absolute Gasteiger partial charge is 0.490 e. The lowest BCUT2D eigenvalue weighted by atomic mass is 10.0. The summed E-state index contributed by atoms with van der Waals surface area (Å²) in [5.74, 6) is 0.533. The zero-order valence-corrected chi connectivity index (χ0v) is 22.9. The predicted octanol–water partition coefficient (Wildman–Crippen LogP) is 4.51. The van der Waals surface area contributed by atoms with Crippen LogP contribution in [0.3, 0.4) is 0 Å². The highest BCUT2D eigenvalue weighted by molar-refractivity contribution is 7.89. The molecule has 2 aromatic carbocycles. The Balaban J connectivity index is 1.44. The molecular weight excluding hydrogens is 553 g/mol. The Morgan fingerprint density at radius 1 is 1.19 bits per heavy atom. The summed E-state index contributed by atoms with van der Waals surface area (Å²) in [6.07, 6.45) is 0.333. The van der Waals surface area contributed by atoms with Gasteiger partial charge in [0.1, 0.15) is 17.4 Å². The smallest absolute Gasteiger partial charge is 0.259 e. The molecule has 194 valence electrons. The van der Waals surface area contributed by atoms with Crippen molar-refractivity contribution >= 4 is 55.3 Å². The van der Waals surface area contributed by atoms with Gasteiger partial charge in [0.25, 0.3) is 11.3 Å². The van der Waals surface area contributed by atoms with Crippen LogP contribution in [0.25, 0.3) is 9.88 Å². The van der Waals surface area contributed by atoms with E-state index in [0.717, 1.165) is 27.7 Å². The van der Waals surface area contributed by atoms with Gasteiger partial charge in [-0.3, -0.25) is 9.27 Å². The number of fused-ring (bicyclic) bond motifs is 1. The Kier molecular flexibility index (Phi) is 7.60. The SMILES string of the molecule is CN1CCOc2cc(S(=O)(=O)N[C@@H](Cc3ccc(NS(=O)O)cc3)c3csc(-c4cccs4)n3)ccc21. The minimum absolute atomic E-state index is 0.116. The molecule has 0 bridgehead atoms. The van der Waals surface area contributed by atoms with Crippen molar-refractivity contribution in [1.82, 2.24) is 9.71 Å². The van der Waals surface area contributed by atoms with Crippen LogP contribution in [0.5, 0.6) is 5.75 Å². The van der Waals surface area contributed by atoms with Gasteiger partial charge in [0, 0.05) is 24.2 Å².